The van der Waals surface area contributed by atoms with Crippen molar-refractivity contribution < 1.29 is 9.53 Å². The first-order valence-corrected chi connectivity index (χ1v) is 6.72. The van der Waals surface area contributed by atoms with Crippen LogP contribution >= 0.6 is 22.6 Å². The number of halogens is 1. The number of rotatable bonds is 3. The quantitative estimate of drug-likeness (QED) is 0.454. The Hall–Kier alpha value is 0.200. The van der Waals surface area contributed by atoms with Crippen LogP contribution in [0.3, 0.4) is 0 Å². The van der Waals surface area contributed by atoms with Gasteiger partial charge in [0, 0.05) is 0 Å². The van der Waals surface area contributed by atoms with E-state index in [1.807, 2.05) is 6.92 Å². The lowest BCUT2D eigenvalue weighted by atomic mass is 9.89. The van der Waals surface area contributed by atoms with E-state index in [1.165, 1.54) is 12.8 Å². The Balaban J connectivity index is 2.32. The molecular weight excluding hydrogens is 291 g/mol. The van der Waals surface area contributed by atoms with Crippen LogP contribution in [0.15, 0.2) is 0 Å². The number of hydrogen-bond donors (Lipinski definition) is 0. The van der Waals surface area contributed by atoms with Gasteiger partial charge in [-0.15, -0.1) is 0 Å². The molecule has 1 fully saturated rings. The minimum atomic E-state index is -0.0211. The summed E-state index contributed by atoms with van der Waals surface area (Å²) in [5, 5.41) is 0. The summed E-state index contributed by atoms with van der Waals surface area (Å²) in [7, 11) is 0. The Kier molecular flexibility index (Phi) is 5.20. The summed E-state index contributed by atoms with van der Waals surface area (Å²) in [6.07, 6.45) is 5.66. The van der Waals surface area contributed by atoms with Crippen molar-refractivity contribution in [2.45, 2.75) is 56.0 Å². The molecule has 1 aliphatic carbocycles. The van der Waals surface area contributed by atoms with Crippen molar-refractivity contribution in [3.63, 3.8) is 0 Å². The zero-order valence-electron chi connectivity index (χ0n) is 8.96. The number of ether oxygens (including phenoxy) is 1. The van der Waals surface area contributed by atoms with Crippen LogP contribution in [0.25, 0.3) is 0 Å². The molecule has 0 heterocycles. The minimum Gasteiger partial charge on any atom is -0.462 e. The molecule has 2 nitrogen and oxygen atoms in total. The molecule has 0 aromatic rings. The van der Waals surface area contributed by atoms with Crippen molar-refractivity contribution in [1.82, 2.24) is 0 Å². The average Bonchev–Trinajstić information content (AvgIpc) is 2.16. The second-order valence-corrected chi connectivity index (χ2v) is 5.71. The van der Waals surface area contributed by atoms with E-state index in [9.17, 15) is 4.79 Å². The zero-order valence-corrected chi connectivity index (χ0v) is 11.1. The predicted molar refractivity (Wildman–Crippen MR) is 65.6 cm³/mol. The highest BCUT2D eigenvalue weighted by atomic mass is 127. The van der Waals surface area contributed by atoms with Crippen LogP contribution in [0.5, 0.6) is 0 Å². The van der Waals surface area contributed by atoms with Crippen molar-refractivity contribution in [3.05, 3.63) is 0 Å². The third-order valence-electron chi connectivity index (χ3n) is 2.79. The van der Waals surface area contributed by atoms with Crippen LogP contribution in [0.1, 0.15) is 46.0 Å². The third kappa shape index (κ3) is 3.75. The maximum absolute atomic E-state index is 11.5. The summed E-state index contributed by atoms with van der Waals surface area (Å²) >= 11 is 2.16. The summed E-state index contributed by atoms with van der Waals surface area (Å²) in [6, 6.07) is 0. The second-order valence-electron chi connectivity index (χ2n) is 4.21. The molecule has 14 heavy (non-hydrogen) atoms. The van der Waals surface area contributed by atoms with E-state index >= 15 is 0 Å². The Labute approximate surface area is 99.9 Å². The first-order chi connectivity index (χ1) is 6.63. The molecule has 0 aliphatic heterocycles. The standard InChI is InChI=1S/C11H19IO2/c1-3-10(12)11(13)14-9-6-4-5-8(2)7-9/h8-10H,3-7H2,1-2H3. The summed E-state index contributed by atoms with van der Waals surface area (Å²) in [6.45, 7) is 4.25. The summed E-state index contributed by atoms with van der Waals surface area (Å²) in [5.41, 5.74) is 0. The SMILES string of the molecule is CCC(I)C(=O)OC1CCCC(C)C1. The highest BCUT2D eigenvalue weighted by Crippen LogP contribution is 2.26. The molecule has 0 aromatic carbocycles. The topological polar surface area (TPSA) is 26.3 Å². The van der Waals surface area contributed by atoms with Gasteiger partial charge in [-0.1, -0.05) is 42.9 Å². The smallest absolute Gasteiger partial charge is 0.319 e. The van der Waals surface area contributed by atoms with E-state index in [1.54, 1.807) is 0 Å². The summed E-state index contributed by atoms with van der Waals surface area (Å²) < 4.78 is 5.50. The molecule has 1 saturated carbocycles. The predicted octanol–water partition coefficient (Wildman–Crippen LogP) is 3.32. The molecule has 82 valence electrons. The van der Waals surface area contributed by atoms with Gasteiger partial charge in [-0.2, -0.15) is 0 Å². The highest BCUT2D eigenvalue weighted by molar-refractivity contribution is 14.1. The highest BCUT2D eigenvalue weighted by Gasteiger charge is 2.24. The van der Waals surface area contributed by atoms with E-state index in [0.29, 0.717) is 0 Å². The minimum absolute atomic E-state index is 0.0211. The second kappa shape index (κ2) is 5.93. The molecule has 0 bridgehead atoms. The monoisotopic (exact) mass is 310 g/mol. The average molecular weight is 310 g/mol. The molecule has 0 radical (unpaired) electrons. The van der Waals surface area contributed by atoms with E-state index in [0.717, 1.165) is 25.2 Å². The normalized spacial score (nSPS) is 29.6. The van der Waals surface area contributed by atoms with Gasteiger partial charge in [-0.25, -0.2) is 0 Å². The Morgan fingerprint density at radius 3 is 2.86 bits per heavy atom. The summed E-state index contributed by atoms with van der Waals surface area (Å²) in [5.74, 6) is 0.697. The fourth-order valence-corrected chi connectivity index (χ4v) is 2.04. The van der Waals surface area contributed by atoms with Crippen molar-refractivity contribution in [2.24, 2.45) is 5.92 Å². The van der Waals surface area contributed by atoms with E-state index in [-0.39, 0.29) is 16.0 Å². The number of alkyl halides is 1. The van der Waals surface area contributed by atoms with Gasteiger partial charge < -0.3 is 4.74 Å². The zero-order chi connectivity index (χ0) is 10.6. The van der Waals surface area contributed by atoms with Crippen molar-refractivity contribution in [2.75, 3.05) is 0 Å². The van der Waals surface area contributed by atoms with Crippen LogP contribution < -0.4 is 0 Å². The molecule has 0 saturated heterocycles. The molecule has 3 heteroatoms. The fourth-order valence-electron chi connectivity index (χ4n) is 1.89. The van der Waals surface area contributed by atoms with Gasteiger partial charge in [0.2, 0.25) is 0 Å². The Morgan fingerprint density at radius 2 is 2.29 bits per heavy atom. The van der Waals surface area contributed by atoms with Crippen LogP contribution in [0, 0.1) is 5.92 Å². The molecule has 1 aliphatic rings. The van der Waals surface area contributed by atoms with E-state index in [2.05, 4.69) is 29.5 Å². The molecular formula is C11H19IO2. The molecule has 1 rings (SSSR count). The fraction of sp³-hybridized carbons (Fsp3) is 0.909. The number of carbonyl (C=O) groups excluding carboxylic acids is 1. The molecule has 3 atom stereocenters. The summed E-state index contributed by atoms with van der Waals surface area (Å²) in [4.78, 5) is 11.5. The number of esters is 1. The first-order valence-electron chi connectivity index (χ1n) is 5.48. The number of hydrogen-bond acceptors (Lipinski definition) is 2. The van der Waals surface area contributed by atoms with Gasteiger partial charge in [0.25, 0.3) is 0 Å². The largest absolute Gasteiger partial charge is 0.462 e. The van der Waals surface area contributed by atoms with Gasteiger partial charge in [0.15, 0.2) is 0 Å². The van der Waals surface area contributed by atoms with Gasteiger partial charge in [-0.3, -0.25) is 4.79 Å². The molecule has 0 spiro atoms. The van der Waals surface area contributed by atoms with Crippen LogP contribution in [-0.4, -0.2) is 16.0 Å². The van der Waals surface area contributed by atoms with Crippen LogP contribution in [-0.2, 0) is 9.53 Å². The van der Waals surface area contributed by atoms with Crippen LogP contribution in [0.4, 0.5) is 0 Å². The van der Waals surface area contributed by atoms with Gasteiger partial charge >= 0.3 is 5.97 Å². The van der Waals surface area contributed by atoms with Gasteiger partial charge in [-0.05, 0) is 31.6 Å². The molecule has 0 amide bonds. The van der Waals surface area contributed by atoms with E-state index in [4.69, 9.17) is 4.74 Å². The van der Waals surface area contributed by atoms with Crippen molar-refractivity contribution in [3.8, 4) is 0 Å². The third-order valence-corrected chi connectivity index (χ3v) is 4.17. The van der Waals surface area contributed by atoms with Gasteiger partial charge in [0.05, 0.1) is 0 Å². The van der Waals surface area contributed by atoms with Gasteiger partial charge in [0.1, 0.15) is 10.0 Å². The first kappa shape index (κ1) is 12.3. The molecule has 0 N–H and O–H groups in total. The Morgan fingerprint density at radius 1 is 1.57 bits per heavy atom. The van der Waals surface area contributed by atoms with Crippen LogP contribution in [0.2, 0.25) is 0 Å². The maximum Gasteiger partial charge on any atom is 0.319 e. The molecule has 0 aromatic heterocycles. The lowest BCUT2D eigenvalue weighted by molar-refractivity contribution is -0.150. The Bertz CT molecular complexity index is 194. The number of carbonyl (C=O) groups is 1. The maximum atomic E-state index is 11.5. The van der Waals surface area contributed by atoms with E-state index < -0.39 is 0 Å². The lowest BCUT2D eigenvalue weighted by Gasteiger charge is -2.27. The van der Waals surface area contributed by atoms with Crippen molar-refractivity contribution >= 4 is 28.6 Å². The molecule has 3 unspecified atom stereocenters. The lowest BCUT2D eigenvalue weighted by Crippen LogP contribution is -2.28. The van der Waals surface area contributed by atoms with Crippen molar-refractivity contribution in [1.29, 1.82) is 0 Å².